The summed E-state index contributed by atoms with van der Waals surface area (Å²) in [6.45, 7) is 6.37. The topological polar surface area (TPSA) is 118 Å². The summed E-state index contributed by atoms with van der Waals surface area (Å²) in [6.07, 6.45) is 1.50. The van der Waals surface area contributed by atoms with Gasteiger partial charge in [-0.2, -0.15) is 4.98 Å². The first-order valence-electron chi connectivity index (χ1n) is 13.1. The second-order valence-corrected chi connectivity index (χ2v) is 13.6. The van der Waals surface area contributed by atoms with Crippen LogP contribution in [0.1, 0.15) is 0 Å². The minimum absolute atomic E-state index is 0.0271. The zero-order valence-electron chi connectivity index (χ0n) is 23.1. The van der Waals surface area contributed by atoms with Crippen molar-refractivity contribution < 1.29 is 18.8 Å². The second kappa shape index (κ2) is 12.3. The lowest BCUT2D eigenvalue weighted by Crippen LogP contribution is -2.48. The van der Waals surface area contributed by atoms with Crippen molar-refractivity contribution in [1.82, 2.24) is 20.2 Å². The van der Waals surface area contributed by atoms with Gasteiger partial charge in [-0.15, -0.1) is 0 Å². The average Bonchev–Trinajstić information content (AvgIpc) is 2.94. The molecule has 3 N–H and O–H groups in total. The number of benzene rings is 3. The molecule has 41 heavy (non-hydrogen) atoms. The number of piperazine rings is 1. The van der Waals surface area contributed by atoms with E-state index in [1.54, 1.807) is 32.6 Å². The van der Waals surface area contributed by atoms with E-state index in [0.29, 0.717) is 60.0 Å². The van der Waals surface area contributed by atoms with Gasteiger partial charge in [0.05, 0.1) is 31.2 Å². The molecule has 0 unspecified atom stereocenters. The van der Waals surface area contributed by atoms with E-state index in [9.17, 15) is 9.36 Å². The van der Waals surface area contributed by atoms with Crippen LogP contribution in [-0.2, 0) is 9.36 Å². The summed E-state index contributed by atoms with van der Waals surface area (Å²) >= 11 is 6.49. The highest BCUT2D eigenvalue weighted by atomic mass is 35.5. The Morgan fingerprint density at radius 2 is 1.93 bits per heavy atom. The summed E-state index contributed by atoms with van der Waals surface area (Å²) in [5, 5.41) is 12.3. The van der Waals surface area contributed by atoms with E-state index in [2.05, 4.69) is 30.8 Å². The Labute approximate surface area is 243 Å². The molecule has 0 bridgehead atoms. The zero-order valence-corrected chi connectivity index (χ0v) is 24.8. The first-order chi connectivity index (χ1) is 19.7. The molecule has 1 aromatic heterocycles. The highest BCUT2D eigenvalue weighted by Crippen LogP contribution is 2.42. The third-order valence-corrected chi connectivity index (χ3v) is 8.48. The van der Waals surface area contributed by atoms with Crippen LogP contribution in [0.4, 0.5) is 23.1 Å². The Morgan fingerprint density at radius 3 is 2.71 bits per heavy atom. The van der Waals surface area contributed by atoms with E-state index >= 15 is 0 Å². The van der Waals surface area contributed by atoms with Gasteiger partial charge in [-0.1, -0.05) is 41.9 Å². The van der Waals surface area contributed by atoms with Crippen molar-refractivity contribution in [2.75, 3.05) is 63.9 Å². The number of anilines is 4. The van der Waals surface area contributed by atoms with Crippen LogP contribution in [0.25, 0.3) is 10.8 Å². The second-order valence-electron chi connectivity index (χ2n) is 10.0. The summed E-state index contributed by atoms with van der Waals surface area (Å²) < 4.78 is 24.8. The Bertz CT molecular complexity index is 1630. The van der Waals surface area contributed by atoms with Gasteiger partial charge >= 0.3 is 0 Å². The summed E-state index contributed by atoms with van der Waals surface area (Å²) in [6, 6.07) is 17.1. The molecule has 0 atom stereocenters. The van der Waals surface area contributed by atoms with Crippen molar-refractivity contribution in [3.05, 3.63) is 65.8 Å². The van der Waals surface area contributed by atoms with Gasteiger partial charge in [-0.05, 0) is 42.3 Å². The monoisotopic (exact) mass is 594 g/mol. The molecule has 2 heterocycles. The first kappa shape index (κ1) is 28.7. The molecule has 1 amide bonds. The fraction of sp³-hybridized carbons (Fsp3) is 0.276. The summed E-state index contributed by atoms with van der Waals surface area (Å²) in [7, 11) is -1.10. The normalized spacial score (nSPS) is 14.0. The number of hydrogen-bond donors (Lipinski definition) is 3. The molecule has 1 aliphatic rings. The molecule has 10 nitrogen and oxygen atoms in total. The molecule has 3 aromatic carbocycles. The molecule has 1 fully saturated rings. The fourth-order valence-corrected chi connectivity index (χ4v) is 6.38. The lowest BCUT2D eigenvalue weighted by Gasteiger charge is -2.26. The van der Waals surface area contributed by atoms with Gasteiger partial charge in [-0.3, -0.25) is 9.69 Å². The van der Waals surface area contributed by atoms with Gasteiger partial charge < -0.3 is 30.0 Å². The largest absolute Gasteiger partial charge is 0.495 e. The Balaban J connectivity index is 1.36. The number of methoxy groups -OCH3 is 1. The third-order valence-electron chi connectivity index (χ3n) is 6.65. The molecular formula is C29H32ClN6O4P. The fourth-order valence-electron chi connectivity index (χ4n) is 4.75. The van der Waals surface area contributed by atoms with Gasteiger partial charge in [0.1, 0.15) is 30.3 Å². The molecule has 12 heteroatoms. The van der Waals surface area contributed by atoms with Crippen LogP contribution >= 0.6 is 18.7 Å². The maximum atomic E-state index is 13.4. The van der Waals surface area contributed by atoms with E-state index in [1.807, 2.05) is 42.5 Å². The van der Waals surface area contributed by atoms with Gasteiger partial charge in [0.15, 0.2) is 5.82 Å². The molecular weight excluding hydrogens is 563 g/mol. The van der Waals surface area contributed by atoms with Crippen LogP contribution in [0.15, 0.2) is 60.8 Å². The number of fused-ring (bicyclic) bond motifs is 1. The van der Waals surface area contributed by atoms with Crippen molar-refractivity contribution in [3.8, 4) is 11.5 Å². The van der Waals surface area contributed by atoms with Crippen molar-refractivity contribution in [2.45, 2.75) is 0 Å². The maximum absolute atomic E-state index is 13.4. The van der Waals surface area contributed by atoms with Gasteiger partial charge in [0.25, 0.3) is 0 Å². The van der Waals surface area contributed by atoms with E-state index < -0.39 is 7.14 Å². The van der Waals surface area contributed by atoms with Crippen molar-refractivity contribution in [2.24, 2.45) is 0 Å². The first-order valence-corrected chi connectivity index (χ1v) is 16.1. The number of carbonyl (C=O) groups excluding carboxylic acids is 1. The molecule has 0 radical (unpaired) electrons. The van der Waals surface area contributed by atoms with Crippen molar-refractivity contribution >= 4 is 63.9 Å². The van der Waals surface area contributed by atoms with Crippen LogP contribution in [0.5, 0.6) is 11.5 Å². The summed E-state index contributed by atoms with van der Waals surface area (Å²) in [5.74, 6) is 1.88. The van der Waals surface area contributed by atoms with Crippen LogP contribution in [0.3, 0.4) is 0 Å². The Morgan fingerprint density at radius 1 is 1.10 bits per heavy atom. The van der Waals surface area contributed by atoms with Gasteiger partial charge in [0, 0.05) is 31.0 Å². The predicted octanol–water partition coefficient (Wildman–Crippen LogP) is 4.84. The van der Waals surface area contributed by atoms with Crippen LogP contribution < -0.4 is 30.7 Å². The smallest absolute Gasteiger partial charge is 0.234 e. The highest BCUT2D eigenvalue weighted by Gasteiger charge is 2.21. The maximum Gasteiger partial charge on any atom is 0.234 e. The number of rotatable bonds is 10. The van der Waals surface area contributed by atoms with Crippen LogP contribution in [-0.4, -0.2) is 74.0 Å². The predicted molar refractivity (Wildman–Crippen MR) is 165 cm³/mol. The molecule has 1 aliphatic heterocycles. The molecule has 1 saturated heterocycles. The standard InChI is InChI=1S/C29H32ClN6O4P/c1-39-25-11-9-20(40-15-14-36-13-12-31-26(37)18-36)16-24(25)34-29-32-17-22(30)28(35-29)33-23-10-8-19-6-4-5-7-21(19)27(23)41(2,3)38/h4-11,16-17H,12-15,18H2,1-3H3,(H,31,37)(H2,32,33,34,35). The Hall–Kier alpha value is -3.85. The summed E-state index contributed by atoms with van der Waals surface area (Å²) in [5.41, 5.74) is 1.27. The van der Waals surface area contributed by atoms with Gasteiger partial charge in [-0.25, -0.2) is 4.98 Å². The number of hydrogen-bond acceptors (Lipinski definition) is 9. The van der Waals surface area contributed by atoms with Crippen LogP contribution in [0.2, 0.25) is 5.02 Å². The Kier molecular flexibility index (Phi) is 8.63. The van der Waals surface area contributed by atoms with E-state index in [4.69, 9.17) is 21.1 Å². The molecule has 5 rings (SSSR count). The highest BCUT2D eigenvalue weighted by molar-refractivity contribution is 7.71. The number of nitrogens with one attached hydrogen (secondary N) is 3. The molecule has 214 valence electrons. The van der Waals surface area contributed by atoms with Crippen molar-refractivity contribution in [3.63, 3.8) is 0 Å². The van der Waals surface area contributed by atoms with Crippen LogP contribution in [0, 0.1) is 0 Å². The van der Waals surface area contributed by atoms with Crippen molar-refractivity contribution in [1.29, 1.82) is 0 Å². The van der Waals surface area contributed by atoms with E-state index in [-0.39, 0.29) is 11.9 Å². The molecule has 4 aromatic rings. The SMILES string of the molecule is COc1ccc(OCCN2CCNC(=O)C2)cc1Nc1ncc(Cl)c(Nc2ccc3ccccc3c2P(C)(C)=O)n1. The number of nitrogens with zero attached hydrogens (tertiary/aromatic N) is 3. The number of halogens is 1. The summed E-state index contributed by atoms with van der Waals surface area (Å²) in [4.78, 5) is 22.6. The molecule has 0 spiro atoms. The van der Waals surface area contributed by atoms with E-state index in [0.717, 1.165) is 22.6 Å². The lowest BCUT2D eigenvalue weighted by atomic mass is 10.1. The zero-order chi connectivity index (χ0) is 29.0. The number of amides is 1. The minimum Gasteiger partial charge on any atom is -0.495 e. The number of aromatic nitrogens is 2. The lowest BCUT2D eigenvalue weighted by molar-refractivity contribution is -0.124. The third kappa shape index (κ3) is 6.90. The number of carbonyl (C=O) groups is 1. The number of ether oxygens (including phenoxy) is 2. The minimum atomic E-state index is -2.68. The molecule has 0 aliphatic carbocycles. The quantitative estimate of drug-likeness (QED) is 0.222. The van der Waals surface area contributed by atoms with Gasteiger partial charge in [0.2, 0.25) is 11.9 Å². The van der Waals surface area contributed by atoms with E-state index in [1.165, 1.54) is 6.20 Å². The molecule has 0 saturated carbocycles. The average molecular weight is 595 g/mol.